The van der Waals surface area contributed by atoms with Crippen molar-refractivity contribution >= 4 is 28.0 Å². The first-order chi connectivity index (χ1) is 13.2. The number of aryl methyl sites for hydroxylation is 2. The first-order valence-electron chi connectivity index (χ1n) is 9.23. The number of hydrogen-bond acceptors (Lipinski definition) is 3. The van der Waals surface area contributed by atoms with Gasteiger partial charge in [-0.05, 0) is 25.8 Å². The van der Waals surface area contributed by atoms with Gasteiger partial charge in [0.15, 0.2) is 24.7 Å². The summed E-state index contributed by atoms with van der Waals surface area (Å²) >= 11 is 1.53. The van der Waals surface area contributed by atoms with Crippen LogP contribution in [0.3, 0.4) is 0 Å². The van der Waals surface area contributed by atoms with Crippen molar-refractivity contribution < 1.29 is 9.36 Å². The lowest BCUT2D eigenvalue weighted by atomic mass is 9.96. The van der Waals surface area contributed by atoms with Gasteiger partial charge in [0.25, 0.3) is 0 Å². The van der Waals surface area contributed by atoms with Gasteiger partial charge in [0.2, 0.25) is 0 Å². The Morgan fingerprint density at radius 2 is 2.07 bits per heavy atom. The molecule has 3 aromatic heterocycles. The van der Waals surface area contributed by atoms with Crippen LogP contribution in [0.25, 0.3) is 10.9 Å². The van der Waals surface area contributed by atoms with Gasteiger partial charge in [-0.3, -0.25) is 4.79 Å². The summed E-state index contributed by atoms with van der Waals surface area (Å²) < 4.78 is 4.33. The third-order valence-electron chi connectivity index (χ3n) is 5.25. The average Bonchev–Trinajstić information content (AvgIpc) is 3.26. The summed E-state index contributed by atoms with van der Waals surface area (Å²) in [5.41, 5.74) is 3.37. The molecule has 0 amide bonds. The van der Waals surface area contributed by atoms with Crippen LogP contribution in [0.5, 0.6) is 0 Å². The van der Waals surface area contributed by atoms with E-state index in [1.165, 1.54) is 16.9 Å². The number of ketones is 1. The molecular weight excluding hydrogens is 354 g/mol. The van der Waals surface area contributed by atoms with Crippen molar-refractivity contribution in [1.29, 1.82) is 0 Å². The molecule has 1 aliphatic rings. The maximum Gasteiger partial charge on any atom is 0.197 e. The largest absolute Gasteiger partial charge is 0.336 e. The van der Waals surface area contributed by atoms with Crippen LogP contribution < -0.4 is 4.57 Å². The zero-order valence-electron chi connectivity index (χ0n) is 15.1. The van der Waals surface area contributed by atoms with Crippen LogP contribution in [0.2, 0.25) is 0 Å². The summed E-state index contributed by atoms with van der Waals surface area (Å²) in [6.07, 6.45) is 8.00. The van der Waals surface area contributed by atoms with Crippen molar-refractivity contribution in [2.45, 2.75) is 32.4 Å². The van der Waals surface area contributed by atoms with E-state index >= 15 is 0 Å². The van der Waals surface area contributed by atoms with Gasteiger partial charge in [-0.15, -0.1) is 11.3 Å². The second-order valence-electron chi connectivity index (χ2n) is 7.09. The standard InChI is InChI=1S/C22H20N3OS/c1-15-23-18-7-8-20(21(26)22(18)27-15)25-12-9-17-14-24(11-10-19(17)25)13-16-5-3-2-4-6-16/h2-6,9-12,14,20H,7-8,13H2,1H3/q+1. The zero-order valence-corrected chi connectivity index (χ0v) is 15.9. The molecule has 27 heavy (non-hydrogen) atoms. The first-order valence-corrected chi connectivity index (χ1v) is 10.0. The number of carbonyl (C=O) groups excluding carboxylic acids is 1. The quantitative estimate of drug-likeness (QED) is 0.506. The van der Waals surface area contributed by atoms with Gasteiger partial charge in [0.1, 0.15) is 0 Å². The molecule has 134 valence electrons. The molecule has 0 bridgehead atoms. The molecule has 0 saturated heterocycles. The molecule has 4 aromatic rings. The maximum absolute atomic E-state index is 13.0. The summed E-state index contributed by atoms with van der Waals surface area (Å²) in [5, 5.41) is 2.14. The number of benzene rings is 1. The predicted octanol–water partition coefficient (Wildman–Crippen LogP) is 4.11. The van der Waals surface area contributed by atoms with E-state index in [2.05, 4.69) is 69.1 Å². The molecule has 1 aromatic carbocycles. The van der Waals surface area contributed by atoms with Gasteiger partial charge >= 0.3 is 0 Å². The highest BCUT2D eigenvalue weighted by Crippen LogP contribution is 2.34. The summed E-state index contributed by atoms with van der Waals surface area (Å²) in [6, 6.07) is 14.5. The van der Waals surface area contributed by atoms with Crippen LogP contribution in [0.1, 0.15) is 38.4 Å². The lowest BCUT2D eigenvalue weighted by molar-refractivity contribution is -0.687. The van der Waals surface area contributed by atoms with E-state index in [0.29, 0.717) is 0 Å². The Labute approximate surface area is 161 Å². The van der Waals surface area contributed by atoms with Gasteiger partial charge in [-0.1, -0.05) is 30.3 Å². The topological polar surface area (TPSA) is 38.8 Å². The third kappa shape index (κ3) is 2.88. The third-order valence-corrected chi connectivity index (χ3v) is 6.27. The number of thiazole rings is 1. The Hall–Kier alpha value is -2.79. The van der Waals surface area contributed by atoms with Crippen LogP contribution in [-0.2, 0) is 13.0 Å². The van der Waals surface area contributed by atoms with E-state index in [4.69, 9.17) is 0 Å². The molecule has 0 radical (unpaired) electrons. The molecule has 1 unspecified atom stereocenters. The fourth-order valence-corrected chi connectivity index (χ4v) is 4.93. The molecule has 1 aliphatic carbocycles. The number of Topliss-reactive ketones (excluding diaryl/α,β-unsaturated/α-hetero) is 1. The summed E-state index contributed by atoms with van der Waals surface area (Å²) in [4.78, 5) is 18.4. The van der Waals surface area contributed by atoms with Crippen LogP contribution in [0, 0.1) is 6.92 Å². The van der Waals surface area contributed by atoms with E-state index in [1.54, 1.807) is 0 Å². The van der Waals surface area contributed by atoms with Crippen LogP contribution in [0.15, 0.2) is 61.1 Å². The van der Waals surface area contributed by atoms with Gasteiger partial charge in [0.05, 0.1) is 32.5 Å². The number of carbonyl (C=O) groups is 1. The van der Waals surface area contributed by atoms with E-state index in [1.807, 2.05) is 13.0 Å². The fourth-order valence-electron chi connectivity index (χ4n) is 3.97. The average molecular weight is 374 g/mol. The Balaban J connectivity index is 1.47. The minimum absolute atomic E-state index is 0.125. The van der Waals surface area contributed by atoms with Crippen molar-refractivity contribution in [3.63, 3.8) is 0 Å². The Bertz CT molecular complexity index is 1140. The van der Waals surface area contributed by atoms with Gasteiger partial charge in [0, 0.05) is 17.8 Å². The van der Waals surface area contributed by atoms with E-state index in [-0.39, 0.29) is 11.8 Å². The Morgan fingerprint density at radius 1 is 1.22 bits per heavy atom. The number of hydrogen-bond donors (Lipinski definition) is 0. The van der Waals surface area contributed by atoms with Gasteiger partial charge < -0.3 is 4.57 Å². The van der Waals surface area contributed by atoms with Gasteiger partial charge in [-0.25, -0.2) is 9.55 Å². The number of nitrogens with zero attached hydrogens (tertiary/aromatic N) is 3. The Kier molecular flexibility index (Phi) is 3.90. The van der Waals surface area contributed by atoms with Gasteiger partial charge in [-0.2, -0.15) is 0 Å². The van der Waals surface area contributed by atoms with E-state index < -0.39 is 0 Å². The van der Waals surface area contributed by atoms with Crippen molar-refractivity contribution in [3.05, 3.63) is 82.2 Å². The highest BCUT2D eigenvalue weighted by atomic mass is 32.1. The molecule has 0 N–H and O–H groups in total. The molecule has 5 heteroatoms. The first kappa shape index (κ1) is 16.4. The van der Waals surface area contributed by atoms with Crippen molar-refractivity contribution in [3.8, 4) is 0 Å². The monoisotopic (exact) mass is 374 g/mol. The molecule has 3 heterocycles. The number of rotatable bonds is 3. The van der Waals surface area contributed by atoms with Crippen molar-refractivity contribution in [2.24, 2.45) is 0 Å². The highest BCUT2D eigenvalue weighted by Gasteiger charge is 2.32. The van der Waals surface area contributed by atoms with E-state index in [9.17, 15) is 4.79 Å². The second-order valence-corrected chi connectivity index (χ2v) is 8.30. The van der Waals surface area contributed by atoms with Crippen LogP contribution in [0.4, 0.5) is 0 Å². The normalized spacial score (nSPS) is 16.6. The van der Waals surface area contributed by atoms with Crippen molar-refractivity contribution in [2.75, 3.05) is 0 Å². The Morgan fingerprint density at radius 3 is 2.93 bits per heavy atom. The highest BCUT2D eigenvalue weighted by molar-refractivity contribution is 7.13. The number of aromatic nitrogens is 3. The molecule has 0 aliphatic heterocycles. The van der Waals surface area contributed by atoms with E-state index in [0.717, 1.165) is 45.9 Å². The fraction of sp³-hybridized carbons (Fsp3) is 0.227. The lowest BCUT2D eigenvalue weighted by Crippen LogP contribution is -2.33. The number of pyridine rings is 1. The second kappa shape index (κ2) is 6.43. The number of fused-ring (bicyclic) bond motifs is 2. The molecule has 4 nitrogen and oxygen atoms in total. The predicted molar refractivity (Wildman–Crippen MR) is 106 cm³/mol. The summed E-state index contributed by atoms with van der Waals surface area (Å²) in [5.74, 6) is 0.209. The zero-order chi connectivity index (χ0) is 18.4. The molecule has 0 saturated carbocycles. The van der Waals surface area contributed by atoms with Crippen molar-refractivity contribution in [1.82, 2.24) is 9.55 Å². The minimum atomic E-state index is -0.125. The molecule has 0 spiro atoms. The smallest absolute Gasteiger partial charge is 0.197 e. The van der Waals surface area contributed by atoms with Crippen LogP contribution in [-0.4, -0.2) is 15.3 Å². The maximum atomic E-state index is 13.0. The summed E-state index contributed by atoms with van der Waals surface area (Å²) in [6.45, 7) is 2.82. The van der Waals surface area contributed by atoms with Crippen LogP contribution >= 0.6 is 11.3 Å². The minimum Gasteiger partial charge on any atom is -0.336 e. The molecular formula is C22H20N3OS+. The molecule has 5 rings (SSSR count). The molecule has 0 fully saturated rings. The summed E-state index contributed by atoms with van der Waals surface area (Å²) in [7, 11) is 0. The molecule has 1 atom stereocenters. The SMILES string of the molecule is Cc1nc2c(s1)C(=O)C(n1ccc3c[n+](Cc4ccccc4)ccc31)CC2. The lowest BCUT2D eigenvalue weighted by Gasteiger charge is -2.22.